The first-order chi connectivity index (χ1) is 20.1. The van der Waals surface area contributed by atoms with E-state index in [1.54, 1.807) is 30.0 Å². The third-order valence-corrected chi connectivity index (χ3v) is 8.89. The van der Waals surface area contributed by atoms with E-state index in [1.807, 2.05) is 32.9 Å². The van der Waals surface area contributed by atoms with Crippen molar-refractivity contribution in [1.82, 2.24) is 4.90 Å². The number of likely N-dealkylation sites (tertiary alicyclic amines) is 1. The van der Waals surface area contributed by atoms with Crippen LogP contribution < -0.4 is 5.73 Å². The largest absolute Gasteiger partial charge is 0.506 e. The van der Waals surface area contributed by atoms with E-state index in [9.17, 15) is 18.7 Å². The average Bonchev–Trinajstić information content (AvgIpc) is 3.81. The molecule has 226 valence electrons. The molecule has 1 aliphatic carbocycles. The Labute approximate surface area is 255 Å². The minimum atomic E-state index is -2.71. The second kappa shape index (κ2) is 13.9. The van der Waals surface area contributed by atoms with Gasteiger partial charge in [0, 0.05) is 34.4 Å². The van der Waals surface area contributed by atoms with E-state index in [-0.39, 0.29) is 41.1 Å². The van der Waals surface area contributed by atoms with Gasteiger partial charge in [0.15, 0.2) is 0 Å². The fourth-order valence-corrected chi connectivity index (χ4v) is 5.98. The van der Waals surface area contributed by atoms with Crippen LogP contribution in [0, 0.1) is 6.92 Å². The zero-order valence-corrected chi connectivity index (χ0v) is 26.5. The van der Waals surface area contributed by atoms with Gasteiger partial charge in [-0.1, -0.05) is 55.6 Å². The van der Waals surface area contributed by atoms with Crippen molar-refractivity contribution in [2.45, 2.75) is 97.4 Å². The summed E-state index contributed by atoms with van der Waals surface area (Å²) in [5.41, 5.74) is 11.5. The third kappa shape index (κ3) is 6.93. The number of carbonyl (C=O) groups is 1. The molecular weight excluding hydrogens is 602 g/mol. The number of phenolic OH excluding ortho intramolecular Hbond substituents is 1. The fourth-order valence-electron chi connectivity index (χ4n) is 5.66. The molecule has 2 aromatic carbocycles. The first-order valence-corrected chi connectivity index (χ1v) is 15.7. The lowest BCUT2D eigenvalue weighted by Crippen LogP contribution is -2.48. The van der Waals surface area contributed by atoms with Gasteiger partial charge in [-0.05, 0) is 80.3 Å². The van der Waals surface area contributed by atoms with Gasteiger partial charge in [-0.2, -0.15) is 0 Å². The Hall–Kier alpha value is -3.07. The quantitative estimate of drug-likeness (QED) is 0.254. The van der Waals surface area contributed by atoms with Gasteiger partial charge in [0.1, 0.15) is 11.4 Å². The number of carbonyl (C=O) groups excluding carboxylic acids is 1. The molecule has 0 bridgehead atoms. The van der Waals surface area contributed by atoms with Crippen LogP contribution >= 0.6 is 15.9 Å². The van der Waals surface area contributed by atoms with Crippen LogP contribution in [0.15, 0.2) is 56.1 Å². The highest BCUT2D eigenvalue weighted by Gasteiger charge is 2.36. The maximum Gasteiger partial charge on any atom is 0.276 e. The molecule has 2 fully saturated rings. The molecule has 1 atom stereocenters. The Balaban J connectivity index is 1.76. The van der Waals surface area contributed by atoms with E-state index >= 15 is 0 Å². The zero-order valence-electron chi connectivity index (χ0n) is 24.9. The van der Waals surface area contributed by atoms with Crippen LogP contribution in [0.5, 0.6) is 5.75 Å². The molecule has 2 aromatic rings. The van der Waals surface area contributed by atoms with Crippen LogP contribution in [0.3, 0.4) is 0 Å². The lowest BCUT2D eigenvalue weighted by Gasteiger charge is -2.39. The highest BCUT2D eigenvalue weighted by atomic mass is 79.9. The Morgan fingerprint density at radius 1 is 1.14 bits per heavy atom. The van der Waals surface area contributed by atoms with Gasteiger partial charge in [-0.15, -0.1) is 0 Å². The second-order valence-electron chi connectivity index (χ2n) is 11.2. The Bertz CT molecular complexity index is 1420. The number of phenols is 1. The molecule has 1 heterocycles. The van der Waals surface area contributed by atoms with Gasteiger partial charge in [-0.3, -0.25) is 9.79 Å². The van der Waals surface area contributed by atoms with Crippen molar-refractivity contribution in [2.24, 2.45) is 15.7 Å². The molecule has 9 heteroatoms. The fraction of sp³-hybridized carbons (Fsp3) is 0.485. The first kappa shape index (κ1) is 31.9. The Morgan fingerprint density at radius 2 is 1.86 bits per heavy atom. The van der Waals surface area contributed by atoms with Crippen LogP contribution in [0.1, 0.15) is 99.5 Å². The number of alkyl halides is 2. The van der Waals surface area contributed by atoms with Gasteiger partial charge in [0.05, 0.1) is 23.0 Å². The summed E-state index contributed by atoms with van der Waals surface area (Å²) in [6.45, 7) is 8.02. The molecule has 1 aliphatic heterocycles. The molecule has 1 amide bonds. The standard InChI is InChI=1S/C33H41BrF2N4O2/c1-5-8-24(37)30-26(38-25-15-12-21(18-29(25)41)20-10-11-20)16-17-40(28(30)7-3)33(42)22-13-14-23(34)19(4)31(22)39-27(9-6-2)32(35)36/h12-15,18,20,28,32,41H,5-11,16-17,37H2,1-4H3/b30-24+,38-26?,39-27?. The first-order valence-electron chi connectivity index (χ1n) is 15.0. The van der Waals surface area contributed by atoms with Gasteiger partial charge < -0.3 is 15.7 Å². The van der Waals surface area contributed by atoms with Crippen molar-refractivity contribution in [1.29, 1.82) is 0 Å². The lowest BCUT2D eigenvalue weighted by molar-refractivity contribution is 0.0700. The smallest absolute Gasteiger partial charge is 0.276 e. The molecule has 4 rings (SSSR count). The van der Waals surface area contributed by atoms with E-state index in [0.717, 1.165) is 36.1 Å². The van der Waals surface area contributed by atoms with E-state index in [2.05, 4.69) is 20.9 Å². The van der Waals surface area contributed by atoms with Crippen LogP contribution in [0.2, 0.25) is 0 Å². The lowest BCUT2D eigenvalue weighted by atomic mass is 9.88. The van der Waals surface area contributed by atoms with Gasteiger partial charge in [-0.25, -0.2) is 13.8 Å². The number of hydrogen-bond donors (Lipinski definition) is 2. The Kier molecular flexibility index (Phi) is 10.6. The van der Waals surface area contributed by atoms with Crippen molar-refractivity contribution >= 4 is 44.6 Å². The normalized spacial score (nSPS) is 20.0. The topological polar surface area (TPSA) is 91.3 Å². The molecular formula is C33H41BrF2N4O2. The number of rotatable bonds is 10. The number of aliphatic imine (C=N–C) groups is 2. The van der Waals surface area contributed by atoms with Gasteiger partial charge in [0.2, 0.25) is 0 Å². The summed E-state index contributed by atoms with van der Waals surface area (Å²) in [5, 5.41) is 10.8. The van der Waals surface area contributed by atoms with Gasteiger partial charge >= 0.3 is 0 Å². The molecule has 6 nitrogen and oxygen atoms in total. The predicted octanol–water partition coefficient (Wildman–Crippen LogP) is 8.89. The molecule has 0 spiro atoms. The minimum absolute atomic E-state index is 0.140. The molecule has 1 unspecified atom stereocenters. The van der Waals surface area contributed by atoms with Crippen LogP contribution in [-0.2, 0) is 0 Å². The molecule has 3 N–H and O–H groups in total. The summed E-state index contributed by atoms with van der Waals surface area (Å²) in [4.78, 5) is 25.3. The number of nitrogens with two attached hydrogens (primary N) is 1. The number of hydrogen-bond acceptors (Lipinski definition) is 5. The van der Waals surface area contributed by atoms with Crippen molar-refractivity contribution in [2.75, 3.05) is 6.54 Å². The SMILES string of the molecule is CCCC(=Nc1c(C(=O)N2CCC(=Nc3ccc(C4CC4)cc3O)/C(=C(\N)CCC)C2CC)ccc(Br)c1C)C(F)F. The van der Waals surface area contributed by atoms with E-state index < -0.39 is 6.43 Å². The highest BCUT2D eigenvalue weighted by molar-refractivity contribution is 9.10. The summed E-state index contributed by atoms with van der Waals surface area (Å²) in [6, 6.07) is 8.73. The molecule has 1 saturated heterocycles. The molecule has 42 heavy (non-hydrogen) atoms. The molecule has 2 aliphatic rings. The average molecular weight is 644 g/mol. The van der Waals surface area contributed by atoms with E-state index in [4.69, 9.17) is 10.7 Å². The minimum Gasteiger partial charge on any atom is -0.506 e. The Morgan fingerprint density at radius 3 is 2.45 bits per heavy atom. The number of allylic oxidation sites excluding steroid dienone is 1. The van der Waals surface area contributed by atoms with E-state index in [1.165, 1.54) is 0 Å². The summed E-state index contributed by atoms with van der Waals surface area (Å²) >= 11 is 3.48. The maximum atomic E-state index is 14.2. The zero-order chi connectivity index (χ0) is 30.6. The number of aromatic hydroxyl groups is 1. The van der Waals surface area contributed by atoms with E-state index in [0.29, 0.717) is 59.6 Å². The van der Waals surface area contributed by atoms with Crippen molar-refractivity contribution in [3.63, 3.8) is 0 Å². The van der Waals surface area contributed by atoms with Crippen molar-refractivity contribution in [3.8, 4) is 5.75 Å². The number of benzene rings is 2. The number of nitrogens with zero attached hydrogens (tertiary/aromatic N) is 3. The van der Waals surface area contributed by atoms with Crippen molar-refractivity contribution < 1.29 is 18.7 Å². The molecule has 0 radical (unpaired) electrons. The summed E-state index contributed by atoms with van der Waals surface area (Å²) in [5.74, 6) is 0.377. The van der Waals surface area contributed by atoms with Crippen LogP contribution in [0.25, 0.3) is 0 Å². The summed E-state index contributed by atoms with van der Waals surface area (Å²) in [7, 11) is 0. The monoisotopic (exact) mass is 642 g/mol. The molecule has 0 aromatic heterocycles. The maximum absolute atomic E-state index is 14.2. The van der Waals surface area contributed by atoms with Crippen LogP contribution in [-0.4, -0.2) is 46.3 Å². The van der Waals surface area contributed by atoms with Crippen molar-refractivity contribution in [3.05, 3.63) is 62.8 Å². The third-order valence-electron chi connectivity index (χ3n) is 8.04. The number of piperidine rings is 1. The molecule has 1 saturated carbocycles. The summed E-state index contributed by atoms with van der Waals surface area (Å²) < 4.78 is 28.4. The predicted molar refractivity (Wildman–Crippen MR) is 170 cm³/mol. The highest BCUT2D eigenvalue weighted by Crippen LogP contribution is 2.43. The number of amides is 1. The second-order valence-corrected chi connectivity index (χ2v) is 12.0. The van der Waals surface area contributed by atoms with Crippen LogP contribution in [0.4, 0.5) is 20.2 Å². The van der Waals surface area contributed by atoms with Gasteiger partial charge in [0.25, 0.3) is 12.3 Å². The number of halogens is 3. The summed E-state index contributed by atoms with van der Waals surface area (Å²) in [6.07, 6.45) is 2.74.